The summed E-state index contributed by atoms with van der Waals surface area (Å²) in [6, 6.07) is 9.86. The van der Waals surface area contributed by atoms with Crippen molar-refractivity contribution in [3.8, 4) is 22.6 Å². The van der Waals surface area contributed by atoms with Crippen LogP contribution in [-0.4, -0.2) is 36.3 Å². The van der Waals surface area contributed by atoms with Crippen molar-refractivity contribution in [3.05, 3.63) is 67.8 Å². The Morgan fingerprint density at radius 1 is 1.06 bits per heavy atom. The quantitative estimate of drug-likeness (QED) is 0.389. The van der Waals surface area contributed by atoms with Crippen LogP contribution in [0.5, 0.6) is 0 Å². The maximum absolute atomic E-state index is 5.74. The van der Waals surface area contributed by atoms with Crippen LogP contribution >= 0.6 is 0 Å². The highest BCUT2D eigenvalue weighted by atomic mass is 16.4. The molecule has 0 atom stereocenters. The average Bonchev–Trinajstić information content (AvgIpc) is 3.51. The van der Waals surface area contributed by atoms with Crippen molar-refractivity contribution in [2.75, 3.05) is 17.6 Å². The van der Waals surface area contributed by atoms with Crippen molar-refractivity contribution in [1.29, 1.82) is 0 Å². The van der Waals surface area contributed by atoms with Gasteiger partial charge < -0.3 is 20.0 Å². The highest BCUT2D eigenvalue weighted by Gasteiger charge is 2.15. The van der Waals surface area contributed by atoms with E-state index in [1.54, 1.807) is 24.7 Å². The Bertz CT molecular complexity index is 1280. The lowest BCUT2D eigenvalue weighted by atomic mass is 10.0. The number of nitrogens with two attached hydrogens (primary N) is 1. The van der Waals surface area contributed by atoms with Crippen LogP contribution in [0.1, 0.15) is 6.42 Å². The maximum atomic E-state index is 5.74. The van der Waals surface area contributed by atoms with E-state index in [0.29, 0.717) is 11.7 Å². The van der Waals surface area contributed by atoms with Gasteiger partial charge in [0.2, 0.25) is 6.39 Å². The van der Waals surface area contributed by atoms with Crippen LogP contribution in [0.3, 0.4) is 0 Å². The van der Waals surface area contributed by atoms with Crippen molar-refractivity contribution in [1.82, 2.24) is 29.7 Å². The third-order valence-electron chi connectivity index (χ3n) is 5.03. The molecule has 1 aromatic carbocycles. The smallest absolute Gasteiger partial charge is 0.251 e. The van der Waals surface area contributed by atoms with Gasteiger partial charge in [-0.25, -0.2) is 9.97 Å². The lowest BCUT2D eigenvalue weighted by Gasteiger charge is -2.14. The molecule has 0 amide bonds. The molecule has 0 fully saturated rings. The molecular formula is C22H20N8O. The van der Waals surface area contributed by atoms with Gasteiger partial charge in [0.1, 0.15) is 5.82 Å². The summed E-state index contributed by atoms with van der Waals surface area (Å²) >= 11 is 0. The Morgan fingerprint density at radius 3 is 2.77 bits per heavy atom. The fourth-order valence-electron chi connectivity index (χ4n) is 3.49. The number of aryl methyl sites for hydroxylation is 1. The van der Waals surface area contributed by atoms with Crippen LogP contribution in [0.15, 0.2) is 72.3 Å². The Balaban J connectivity index is 1.52. The maximum Gasteiger partial charge on any atom is 0.251 e. The fraction of sp³-hybridized carbons (Fsp3) is 0.136. The number of rotatable bonds is 7. The van der Waals surface area contributed by atoms with Crippen molar-refractivity contribution in [3.63, 3.8) is 0 Å². The van der Waals surface area contributed by atoms with Crippen LogP contribution in [0.25, 0.3) is 33.5 Å². The summed E-state index contributed by atoms with van der Waals surface area (Å²) in [5.41, 5.74) is 10.3. The summed E-state index contributed by atoms with van der Waals surface area (Å²) in [5.74, 6) is 0.913. The first-order valence-corrected chi connectivity index (χ1v) is 9.89. The number of hydrogen-bond donors (Lipinski definition) is 2. The van der Waals surface area contributed by atoms with Crippen molar-refractivity contribution < 1.29 is 4.42 Å². The SMILES string of the molecule is Nc1ccc(-c2ccc3ncc(-c4nnco4)c(NCCCn4ccnc4)c3c2)cn1. The lowest BCUT2D eigenvalue weighted by Crippen LogP contribution is -2.07. The standard InChI is InChI=1S/C22H20N8O/c23-20-5-3-16(11-27-20)15-2-4-19-17(10-15)21(18(12-26-19)22-29-28-14-31-22)25-6-1-8-30-9-7-24-13-30/h2-5,7,9-14H,1,6,8H2,(H2,23,27)(H,25,26). The molecule has 5 rings (SSSR count). The second kappa shape index (κ2) is 8.23. The van der Waals surface area contributed by atoms with Gasteiger partial charge in [-0.2, -0.15) is 0 Å². The van der Waals surface area contributed by atoms with Crippen LogP contribution in [-0.2, 0) is 6.54 Å². The lowest BCUT2D eigenvalue weighted by molar-refractivity contribution is 0.568. The molecule has 5 aromatic rings. The number of fused-ring (bicyclic) bond motifs is 1. The number of nitrogens with zero attached hydrogens (tertiary/aromatic N) is 6. The van der Waals surface area contributed by atoms with E-state index in [4.69, 9.17) is 10.2 Å². The van der Waals surface area contributed by atoms with Crippen molar-refractivity contribution >= 4 is 22.4 Å². The molecule has 0 aliphatic heterocycles. The number of nitrogen functional groups attached to an aromatic ring is 1. The molecule has 0 saturated heterocycles. The molecule has 31 heavy (non-hydrogen) atoms. The first-order chi connectivity index (χ1) is 15.3. The summed E-state index contributed by atoms with van der Waals surface area (Å²) in [6.45, 7) is 1.63. The molecule has 0 saturated carbocycles. The molecule has 0 aliphatic rings. The van der Waals surface area contributed by atoms with Gasteiger partial charge in [-0.1, -0.05) is 6.07 Å². The number of nitrogens with one attached hydrogen (secondary N) is 1. The first-order valence-electron chi connectivity index (χ1n) is 9.89. The van der Waals surface area contributed by atoms with Crippen molar-refractivity contribution in [2.24, 2.45) is 0 Å². The molecule has 4 aromatic heterocycles. The molecule has 9 nitrogen and oxygen atoms in total. The molecule has 0 bridgehead atoms. The van der Waals surface area contributed by atoms with Crippen molar-refractivity contribution in [2.45, 2.75) is 13.0 Å². The number of pyridine rings is 2. The van der Waals surface area contributed by atoms with Crippen LogP contribution < -0.4 is 11.1 Å². The van der Waals surface area contributed by atoms with Crippen LogP contribution in [0, 0.1) is 0 Å². The Hall–Kier alpha value is -4.27. The van der Waals surface area contributed by atoms with E-state index in [0.717, 1.165) is 52.8 Å². The topological polar surface area (TPSA) is 121 Å². The van der Waals surface area contributed by atoms with Gasteiger partial charge in [-0.15, -0.1) is 10.2 Å². The van der Waals surface area contributed by atoms with E-state index >= 15 is 0 Å². The predicted octanol–water partition coefficient (Wildman–Crippen LogP) is 3.63. The normalized spacial score (nSPS) is 11.1. The van der Waals surface area contributed by atoms with E-state index in [9.17, 15) is 0 Å². The Morgan fingerprint density at radius 2 is 2.00 bits per heavy atom. The van der Waals surface area contributed by atoms with Gasteiger partial charge in [0.15, 0.2) is 0 Å². The van der Waals surface area contributed by atoms with E-state index < -0.39 is 0 Å². The molecule has 3 N–H and O–H groups in total. The summed E-state index contributed by atoms with van der Waals surface area (Å²) in [6.07, 6.45) is 11.3. The number of aromatic nitrogens is 6. The van der Waals surface area contributed by atoms with E-state index in [1.165, 1.54) is 6.39 Å². The zero-order valence-electron chi connectivity index (χ0n) is 16.6. The summed E-state index contributed by atoms with van der Waals surface area (Å²) in [5, 5.41) is 12.4. The monoisotopic (exact) mass is 412 g/mol. The number of hydrogen-bond acceptors (Lipinski definition) is 8. The molecule has 0 radical (unpaired) electrons. The van der Waals surface area contributed by atoms with E-state index in [-0.39, 0.29) is 0 Å². The highest BCUT2D eigenvalue weighted by molar-refractivity contribution is 6.00. The predicted molar refractivity (Wildman–Crippen MR) is 118 cm³/mol. The van der Waals surface area contributed by atoms with Gasteiger partial charge in [0, 0.05) is 48.8 Å². The number of anilines is 2. The van der Waals surface area contributed by atoms with E-state index in [2.05, 4.69) is 41.1 Å². The van der Waals surface area contributed by atoms with Gasteiger partial charge in [-0.05, 0) is 36.2 Å². The zero-order chi connectivity index (χ0) is 21.0. The molecule has 154 valence electrons. The zero-order valence-corrected chi connectivity index (χ0v) is 16.6. The number of benzene rings is 1. The summed E-state index contributed by atoms with van der Waals surface area (Å²) in [7, 11) is 0. The molecule has 0 aliphatic carbocycles. The first kappa shape index (κ1) is 18.7. The molecule has 4 heterocycles. The van der Waals surface area contributed by atoms with E-state index in [1.807, 2.05) is 30.7 Å². The van der Waals surface area contributed by atoms with Gasteiger partial charge in [0.25, 0.3) is 5.89 Å². The third kappa shape index (κ3) is 3.93. The minimum atomic E-state index is 0.422. The fourth-order valence-corrected chi connectivity index (χ4v) is 3.49. The largest absolute Gasteiger partial charge is 0.423 e. The van der Waals surface area contributed by atoms with Gasteiger partial charge in [-0.3, -0.25) is 4.98 Å². The molecule has 0 unspecified atom stereocenters. The van der Waals surface area contributed by atoms with Gasteiger partial charge in [0.05, 0.1) is 23.1 Å². The highest BCUT2D eigenvalue weighted by Crippen LogP contribution is 2.35. The Kier molecular flexibility index (Phi) is 4.97. The second-order valence-corrected chi connectivity index (χ2v) is 7.08. The Labute approximate surface area is 178 Å². The molecular weight excluding hydrogens is 392 g/mol. The summed E-state index contributed by atoms with van der Waals surface area (Å²) in [4.78, 5) is 12.9. The minimum Gasteiger partial charge on any atom is -0.423 e. The molecule has 0 spiro atoms. The van der Waals surface area contributed by atoms with Crippen LogP contribution in [0.4, 0.5) is 11.5 Å². The minimum absolute atomic E-state index is 0.422. The molecule has 9 heteroatoms. The number of imidazole rings is 1. The van der Waals surface area contributed by atoms with Crippen LogP contribution in [0.2, 0.25) is 0 Å². The average molecular weight is 412 g/mol. The third-order valence-corrected chi connectivity index (χ3v) is 5.03. The summed E-state index contributed by atoms with van der Waals surface area (Å²) < 4.78 is 7.52. The second-order valence-electron chi connectivity index (χ2n) is 7.08. The van der Waals surface area contributed by atoms with Gasteiger partial charge >= 0.3 is 0 Å².